The molecule has 2 unspecified atom stereocenters. The number of nitrogens with two attached hydrogens (primary N) is 2. The molecule has 1 fully saturated rings. The van der Waals surface area contributed by atoms with E-state index < -0.39 is 5.91 Å². The van der Waals surface area contributed by atoms with E-state index in [1.165, 1.54) is 17.0 Å². The van der Waals surface area contributed by atoms with Gasteiger partial charge in [0.05, 0.1) is 17.6 Å². The number of nitrogen functional groups attached to an aromatic ring is 1. The number of para-hydroxylation sites is 1. The van der Waals surface area contributed by atoms with Gasteiger partial charge in [-0.1, -0.05) is 61.8 Å². The number of benzene rings is 2. The Balaban J connectivity index is 0.000000255. The minimum Gasteiger partial charge on any atom is -0.381 e. The fourth-order valence-electron chi connectivity index (χ4n) is 5.39. The number of aromatic nitrogens is 3. The van der Waals surface area contributed by atoms with Gasteiger partial charge in [-0.05, 0) is 62.8 Å². The molecular formula is C34H38N6O3. The normalized spacial score (nSPS) is 18.0. The number of carbonyl (C=O) groups is 1. The molecule has 4 N–H and O–H groups in total. The number of hydrogen-bond acceptors (Lipinski definition) is 6. The molecule has 4 aromatic rings. The number of aliphatic imine (C=N–C) groups is 1. The Morgan fingerprint density at radius 3 is 2.49 bits per heavy atom. The first-order chi connectivity index (χ1) is 20.6. The Hall–Kier alpha value is -4.94. The van der Waals surface area contributed by atoms with Crippen molar-refractivity contribution in [2.45, 2.75) is 52.2 Å². The van der Waals surface area contributed by atoms with Gasteiger partial charge in [0.25, 0.3) is 11.5 Å². The number of amides is 1. The van der Waals surface area contributed by atoms with Gasteiger partial charge in [0.15, 0.2) is 11.6 Å². The highest BCUT2D eigenvalue weighted by molar-refractivity contribution is 6.02. The van der Waals surface area contributed by atoms with Gasteiger partial charge in [0, 0.05) is 36.1 Å². The molecule has 0 saturated carbocycles. The molecule has 1 aliphatic rings. The molecule has 2 atom stereocenters. The minimum atomic E-state index is -0.646. The summed E-state index contributed by atoms with van der Waals surface area (Å²) in [5.74, 6) is 6.83. The van der Waals surface area contributed by atoms with Crippen LogP contribution in [0.25, 0.3) is 16.5 Å². The summed E-state index contributed by atoms with van der Waals surface area (Å²) in [7, 11) is 1.62. The van der Waals surface area contributed by atoms with Gasteiger partial charge in [0.2, 0.25) is 0 Å². The predicted octanol–water partition coefficient (Wildman–Crippen LogP) is 5.10. The zero-order valence-electron chi connectivity index (χ0n) is 25.1. The molecule has 9 heteroatoms. The van der Waals surface area contributed by atoms with E-state index in [2.05, 4.69) is 55.3 Å². The number of ether oxygens (including phenoxy) is 1. The molecule has 0 radical (unpaired) electrons. The third-order valence-electron chi connectivity index (χ3n) is 7.20. The zero-order valence-corrected chi connectivity index (χ0v) is 25.1. The average molecular weight is 579 g/mol. The van der Waals surface area contributed by atoms with E-state index in [4.69, 9.17) is 16.2 Å². The monoisotopic (exact) mass is 578 g/mol. The molecule has 0 aliphatic carbocycles. The van der Waals surface area contributed by atoms with Crippen molar-refractivity contribution >= 4 is 34.5 Å². The minimum absolute atomic E-state index is 0.00386. The lowest BCUT2D eigenvalue weighted by atomic mass is 9.92. The fourth-order valence-corrected chi connectivity index (χ4v) is 5.39. The second-order valence-corrected chi connectivity index (χ2v) is 10.5. The largest absolute Gasteiger partial charge is 0.381 e. The molecule has 0 spiro atoms. The Kier molecular flexibility index (Phi) is 9.96. The number of primary amides is 1. The molecule has 1 amide bonds. The number of pyridine rings is 1. The maximum absolute atomic E-state index is 13.6. The molecule has 1 saturated heterocycles. The lowest BCUT2D eigenvalue weighted by molar-refractivity contribution is -0.0419. The number of hydrogen-bond donors (Lipinski definition) is 2. The molecule has 0 bridgehead atoms. The number of fused-ring (bicyclic) bond motifs is 1. The quantitative estimate of drug-likeness (QED) is 0.251. The van der Waals surface area contributed by atoms with Crippen molar-refractivity contribution in [1.82, 2.24) is 14.3 Å². The second kappa shape index (κ2) is 13.8. The molecule has 5 rings (SSSR count). The maximum atomic E-state index is 13.6. The van der Waals surface area contributed by atoms with Crippen LogP contribution in [0.5, 0.6) is 0 Å². The van der Waals surface area contributed by atoms with Crippen molar-refractivity contribution in [3.8, 4) is 17.5 Å². The van der Waals surface area contributed by atoms with E-state index in [0.717, 1.165) is 41.6 Å². The average Bonchev–Trinajstić information content (AvgIpc) is 3.27. The van der Waals surface area contributed by atoms with Gasteiger partial charge in [-0.25, -0.2) is 9.67 Å². The zero-order chi connectivity index (χ0) is 31.1. The van der Waals surface area contributed by atoms with Crippen molar-refractivity contribution in [2.75, 3.05) is 5.73 Å². The summed E-state index contributed by atoms with van der Waals surface area (Å²) in [6.45, 7) is 9.75. The lowest BCUT2D eigenvalue weighted by Gasteiger charge is -2.29. The van der Waals surface area contributed by atoms with Crippen LogP contribution in [0.4, 0.5) is 11.6 Å². The molecule has 9 nitrogen and oxygen atoms in total. The Bertz CT molecular complexity index is 1770. The molecule has 2 aromatic heterocycles. The van der Waals surface area contributed by atoms with Crippen LogP contribution in [-0.2, 0) is 18.2 Å². The van der Waals surface area contributed by atoms with Crippen molar-refractivity contribution in [1.29, 1.82) is 0 Å². The smallest absolute Gasteiger partial charge is 0.264 e. The van der Waals surface area contributed by atoms with Crippen LogP contribution in [-0.4, -0.2) is 38.7 Å². The SMILES string of the molecule is C=C/C=N\c1c(C(N)=O)c(N)nn1C.CCc1cc2cccc(C#CC3CC(C)OC(C)C3)c2c(=O)n1-c1ccccc1. The summed E-state index contributed by atoms with van der Waals surface area (Å²) >= 11 is 0. The summed E-state index contributed by atoms with van der Waals surface area (Å²) in [4.78, 5) is 28.5. The number of anilines is 1. The molecule has 2 aromatic carbocycles. The molecule has 43 heavy (non-hydrogen) atoms. The topological polar surface area (TPSA) is 131 Å². The van der Waals surface area contributed by atoms with Gasteiger partial charge in [0.1, 0.15) is 5.56 Å². The molecule has 1 aliphatic heterocycles. The Morgan fingerprint density at radius 2 is 1.86 bits per heavy atom. The number of allylic oxidation sites excluding steroid dienone is 1. The molecule has 222 valence electrons. The Morgan fingerprint density at radius 1 is 1.16 bits per heavy atom. The highest BCUT2D eigenvalue weighted by Crippen LogP contribution is 2.25. The fraction of sp³-hybridized carbons (Fsp3) is 0.294. The van der Waals surface area contributed by atoms with Crippen molar-refractivity contribution in [3.05, 3.63) is 94.4 Å². The van der Waals surface area contributed by atoms with Gasteiger partial charge in [-0.2, -0.15) is 5.10 Å². The van der Waals surface area contributed by atoms with Crippen LogP contribution in [0, 0.1) is 17.8 Å². The van der Waals surface area contributed by atoms with Crippen LogP contribution in [0.15, 0.2) is 77.0 Å². The first kappa shape index (κ1) is 31.0. The highest BCUT2D eigenvalue weighted by Gasteiger charge is 2.23. The van der Waals surface area contributed by atoms with E-state index in [0.29, 0.717) is 17.1 Å². The van der Waals surface area contributed by atoms with Crippen LogP contribution in [0.3, 0.4) is 0 Å². The van der Waals surface area contributed by atoms with Crippen LogP contribution in [0.1, 0.15) is 55.2 Å². The molecular weight excluding hydrogens is 540 g/mol. The third-order valence-corrected chi connectivity index (χ3v) is 7.20. The van der Waals surface area contributed by atoms with E-state index in [9.17, 15) is 9.59 Å². The highest BCUT2D eigenvalue weighted by atomic mass is 16.5. The summed E-state index contributed by atoms with van der Waals surface area (Å²) in [6.07, 6.45) is 6.04. The van der Waals surface area contributed by atoms with Gasteiger partial charge in [-0.15, -0.1) is 0 Å². The van der Waals surface area contributed by atoms with E-state index in [-0.39, 0.29) is 29.1 Å². The summed E-state index contributed by atoms with van der Waals surface area (Å²) < 4.78 is 9.04. The van der Waals surface area contributed by atoms with Crippen molar-refractivity contribution < 1.29 is 9.53 Å². The third kappa shape index (κ3) is 7.11. The number of nitrogens with zero attached hydrogens (tertiary/aromatic N) is 4. The van der Waals surface area contributed by atoms with Crippen molar-refractivity contribution in [2.24, 2.45) is 23.7 Å². The Labute approximate surface area is 251 Å². The van der Waals surface area contributed by atoms with Gasteiger partial charge < -0.3 is 16.2 Å². The van der Waals surface area contributed by atoms with Crippen LogP contribution < -0.4 is 17.0 Å². The lowest BCUT2D eigenvalue weighted by Crippen LogP contribution is -2.28. The first-order valence-electron chi connectivity index (χ1n) is 14.3. The predicted molar refractivity (Wildman–Crippen MR) is 173 cm³/mol. The van der Waals surface area contributed by atoms with E-state index >= 15 is 0 Å². The van der Waals surface area contributed by atoms with E-state index in [1.807, 2.05) is 53.1 Å². The number of rotatable bonds is 5. The maximum Gasteiger partial charge on any atom is 0.264 e. The second-order valence-electron chi connectivity index (χ2n) is 10.5. The molecule has 3 heterocycles. The summed E-state index contributed by atoms with van der Waals surface area (Å²) in [5.41, 5.74) is 13.5. The van der Waals surface area contributed by atoms with E-state index in [1.54, 1.807) is 7.05 Å². The van der Waals surface area contributed by atoms with Crippen LogP contribution in [0.2, 0.25) is 0 Å². The van der Waals surface area contributed by atoms with Gasteiger partial charge >= 0.3 is 0 Å². The standard InChI is InChI=1S/C26H27NO2.C8H11N5O/c1-4-23-17-22-10-8-9-21(14-13-20-15-18(2)29-19(3)16-20)25(22)26(28)27(23)24-11-6-5-7-12-24;1-3-4-11-8-5(7(10)14)6(9)12-13(8)2/h5-12,17-20H,4,15-16H2,1-3H3;3-4H,1H2,2H3,(H2,9,12)(H2,10,14)/b;11-4-. The van der Waals surface area contributed by atoms with Gasteiger partial charge in [-0.3, -0.25) is 14.2 Å². The van der Waals surface area contributed by atoms with Crippen LogP contribution >= 0.6 is 0 Å². The summed E-state index contributed by atoms with van der Waals surface area (Å²) in [6, 6.07) is 17.9. The first-order valence-corrected chi connectivity index (χ1v) is 14.3. The van der Waals surface area contributed by atoms with Crippen molar-refractivity contribution in [3.63, 3.8) is 0 Å². The summed E-state index contributed by atoms with van der Waals surface area (Å²) in [5, 5.41) is 5.49. The number of carbonyl (C=O) groups excluding carboxylic acids is 1. The number of aryl methyl sites for hydroxylation is 2.